The first-order chi connectivity index (χ1) is 1.73. The van der Waals surface area contributed by atoms with Gasteiger partial charge in [-0.15, -0.1) is 0 Å². The second-order valence-electron chi connectivity index (χ2n) is 1.00. The van der Waals surface area contributed by atoms with Crippen molar-refractivity contribution >= 4 is 3.81 Å². The van der Waals surface area contributed by atoms with Gasteiger partial charge in [-0.05, 0) is 0 Å². The predicted molar refractivity (Wildman–Crippen MR) is 16.4 cm³/mol. The van der Waals surface area contributed by atoms with E-state index < -0.39 is 0 Å². The second-order valence-corrected chi connectivity index (χ2v) is 2.56. The number of hydrogen-bond donors (Lipinski definition) is 0. The maximum atomic E-state index is 2.08. The molecule has 0 aromatic heterocycles. The third-order valence-electron chi connectivity index (χ3n) is 0. The summed E-state index contributed by atoms with van der Waals surface area (Å²) in [4.78, 5) is 0. The fraction of sp³-hybridized carbons (Fsp3) is 0.667. The van der Waals surface area contributed by atoms with E-state index in [1.54, 1.807) is 0 Å². The summed E-state index contributed by atoms with van der Waals surface area (Å²) < 4.78 is 1.42. The molecule has 0 heterocycles. The number of rotatable bonds is 0. The maximum absolute atomic E-state index is 2.08. The summed E-state index contributed by atoms with van der Waals surface area (Å²) in [6.07, 6.45) is 0. The minimum absolute atomic E-state index is 1.42. The zero-order valence-corrected chi connectivity index (χ0v) is 4.56. The van der Waals surface area contributed by atoms with Crippen molar-refractivity contribution < 1.29 is 20.0 Å². The van der Waals surface area contributed by atoms with Crippen LogP contribution in [-0.2, 0) is 20.0 Å². The molecule has 0 aromatic carbocycles. The van der Waals surface area contributed by atoms with Crippen molar-refractivity contribution in [3.05, 3.63) is 0 Å². The van der Waals surface area contributed by atoms with Crippen LogP contribution >= 0.6 is 0 Å². The van der Waals surface area contributed by atoms with Crippen molar-refractivity contribution in [3.8, 4) is 0 Å². The number of hydrogen-bond acceptors (Lipinski definition) is 0. The van der Waals surface area contributed by atoms with Crippen molar-refractivity contribution in [2.45, 2.75) is 13.8 Å². The summed E-state index contributed by atoms with van der Waals surface area (Å²) in [7, 11) is 0. The van der Waals surface area contributed by atoms with Gasteiger partial charge >= 0.3 is 37.6 Å². The van der Waals surface area contributed by atoms with E-state index in [-0.39, 0.29) is 0 Å². The van der Waals surface area contributed by atoms with Crippen LogP contribution in [0.25, 0.3) is 0 Å². The molecule has 0 N–H and O–H groups in total. The molecule has 0 atom stereocenters. The Labute approximate surface area is 38.1 Å². The van der Waals surface area contributed by atoms with Gasteiger partial charge in [0, 0.05) is 0 Å². The molecule has 0 saturated carbocycles. The summed E-state index contributed by atoms with van der Waals surface area (Å²) in [6.45, 7) is 4.17. The molecule has 0 aliphatic heterocycles. The zero-order chi connectivity index (χ0) is 3.58. The zero-order valence-electron chi connectivity index (χ0n) is 3.00. The fourth-order valence-electron chi connectivity index (χ4n) is 0. The summed E-state index contributed by atoms with van der Waals surface area (Å²) >= 11 is 2.08. The van der Waals surface area contributed by atoms with Gasteiger partial charge in [0.1, 0.15) is 0 Å². The quantitative estimate of drug-likeness (QED) is 0.385. The molecule has 0 unspecified atom stereocenters. The third kappa shape index (κ3) is 19.0. The van der Waals surface area contributed by atoms with Crippen LogP contribution in [0.1, 0.15) is 13.8 Å². The molecule has 0 amide bonds. The molecule has 0 aliphatic rings. The van der Waals surface area contributed by atoms with Crippen LogP contribution in [0, 0.1) is 0 Å². The van der Waals surface area contributed by atoms with Gasteiger partial charge in [-0.3, -0.25) is 0 Å². The molecule has 20 valence electrons. The SMILES string of the molecule is C[C](C)=[Ti+2]. The van der Waals surface area contributed by atoms with E-state index in [0.29, 0.717) is 0 Å². The Hall–Kier alpha value is 0.584. The standard InChI is InChI=1S/C3H6.Ti/c1-3-2;/h1-2H3;/q;+2. The summed E-state index contributed by atoms with van der Waals surface area (Å²) in [5, 5.41) is 0. The van der Waals surface area contributed by atoms with E-state index in [4.69, 9.17) is 0 Å². The Balaban J connectivity index is 2.80. The third-order valence-corrected chi connectivity index (χ3v) is 0. The van der Waals surface area contributed by atoms with E-state index in [2.05, 4.69) is 33.8 Å². The molecule has 0 spiro atoms. The summed E-state index contributed by atoms with van der Waals surface area (Å²) in [6, 6.07) is 0. The van der Waals surface area contributed by atoms with Crippen molar-refractivity contribution in [1.29, 1.82) is 0 Å². The van der Waals surface area contributed by atoms with Crippen molar-refractivity contribution in [3.63, 3.8) is 0 Å². The average molecular weight is 89.9 g/mol. The molecule has 0 bridgehead atoms. The molecule has 0 saturated heterocycles. The molecule has 0 nitrogen and oxygen atoms in total. The molecule has 0 rings (SSSR count). The normalized spacial score (nSPS) is 7.00. The first-order valence-corrected chi connectivity index (χ1v) is 2.03. The van der Waals surface area contributed by atoms with Crippen LogP contribution in [0.15, 0.2) is 0 Å². The van der Waals surface area contributed by atoms with Crippen LogP contribution in [-0.4, -0.2) is 3.81 Å². The van der Waals surface area contributed by atoms with Crippen molar-refractivity contribution in [2.24, 2.45) is 0 Å². The van der Waals surface area contributed by atoms with Gasteiger partial charge in [-0.1, -0.05) is 0 Å². The monoisotopic (exact) mass is 90.0 g/mol. The molecular formula is C3H6Ti+2. The van der Waals surface area contributed by atoms with Gasteiger partial charge in [0.05, 0.1) is 0 Å². The Kier molecular flexibility index (Phi) is 2.14. The average Bonchev–Trinajstić information content (AvgIpc) is 0.811. The van der Waals surface area contributed by atoms with Crippen LogP contribution in [0.4, 0.5) is 0 Å². The summed E-state index contributed by atoms with van der Waals surface area (Å²) in [5.74, 6) is 0. The van der Waals surface area contributed by atoms with Gasteiger partial charge in [0.15, 0.2) is 0 Å². The van der Waals surface area contributed by atoms with E-state index in [1.165, 1.54) is 3.81 Å². The fourth-order valence-corrected chi connectivity index (χ4v) is 0. The molecule has 0 fully saturated rings. The van der Waals surface area contributed by atoms with Crippen LogP contribution in [0.2, 0.25) is 0 Å². The van der Waals surface area contributed by atoms with E-state index in [0.717, 1.165) is 0 Å². The molecule has 0 aliphatic carbocycles. The Morgan fingerprint density at radius 1 is 1.50 bits per heavy atom. The molecule has 4 heavy (non-hydrogen) atoms. The minimum atomic E-state index is 1.42. The van der Waals surface area contributed by atoms with E-state index in [1.807, 2.05) is 0 Å². The van der Waals surface area contributed by atoms with Gasteiger partial charge < -0.3 is 0 Å². The van der Waals surface area contributed by atoms with Gasteiger partial charge in [-0.25, -0.2) is 0 Å². The van der Waals surface area contributed by atoms with E-state index in [9.17, 15) is 0 Å². The van der Waals surface area contributed by atoms with Gasteiger partial charge in [0.2, 0.25) is 0 Å². The van der Waals surface area contributed by atoms with Gasteiger partial charge in [-0.2, -0.15) is 0 Å². The molecule has 0 aromatic rings. The topological polar surface area (TPSA) is 0 Å². The summed E-state index contributed by atoms with van der Waals surface area (Å²) in [5.41, 5.74) is 0. The predicted octanol–water partition coefficient (Wildman–Crippen LogP) is 0.745. The molecule has 1 heteroatoms. The first-order valence-electron chi connectivity index (χ1n) is 1.25. The Bertz CT molecular complexity index is 26.3. The second kappa shape index (κ2) is 1.86. The van der Waals surface area contributed by atoms with Crippen LogP contribution < -0.4 is 0 Å². The first kappa shape index (κ1) is 4.58. The van der Waals surface area contributed by atoms with E-state index >= 15 is 0 Å². The van der Waals surface area contributed by atoms with Crippen molar-refractivity contribution in [1.82, 2.24) is 0 Å². The Morgan fingerprint density at radius 2 is 1.50 bits per heavy atom. The molecule has 0 radical (unpaired) electrons. The van der Waals surface area contributed by atoms with Crippen LogP contribution in [0.5, 0.6) is 0 Å². The molecular weight excluding hydrogens is 83.9 g/mol. The van der Waals surface area contributed by atoms with Crippen molar-refractivity contribution in [2.75, 3.05) is 0 Å². The Morgan fingerprint density at radius 3 is 1.50 bits per heavy atom. The van der Waals surface area contributed by atoms with Gasteiger partial charge in [0.25, 0.3) is 0 Å². The van der Waals surface area contributed by atoms with Crippen LogP contribution in [0.3, 0.4) is 0 Å².